The van der Waals surface area contributed by atoms with Crippen LogP contribution in [0.4, 0.5) is 0 Å². The molecule has 0 aromatic rings. The lowest BCUT2D eigenvalue weighted by molar-refractivity contribution is -0.131. The second-order valence-electron chi connectivity index (χ2n) is 7.14. The maximum atomic E-state index is 10.8. The Hall–Kier alpha value is -1.73. The molecule has 0 amide bonds. The third-order valence-electron chi connectivity index (χ3n) is 4.93. The molecule has 4 N–H and O–H groups in total. The van der Waals surface area contributed by atoms with Crippen molar-refractivity contribution in [3.63, 3.8) is 0 Å². The van der Waals surface area contributed by atoms with Crippen molar-refractivity contribution in [3.05, 3.63) is 48.1 Å². The van der Waals surface area contributed by atoms with E-state index in [1.807, 2.05) is 26.0 Å². The summed E-state index contributed by atoms with van der Waals surface area (Å²) in [7, 11) is 1.59. The summed E-state index contributed by atoms with van der Waals surface area (Å²) in [6.07, 6.45) is 9.99. The van der Waals surface area contributed by atoms with Gasteiger partial charge < -0.3 is 25.2 Å². The van der Waals surface area contributed by atoms with Crippen LogP contribution in [0, 0.1) is 17.8 Å². The number of carboxylic acid groups (broad SMARTS) is 1. The highest BCUT2D eigenvalue weighted by Crippen LogP contribution is 2.27. The average Bonchev–Trinajstić information content (AvgIpc) is 2.66. The monoisotopic (exact) mass is 396 g/mol. The van der Waals surface area contributed by atoms with E-state index in [2.05, 4.69) is 0 Å². The molecule has 0 rings (SSSR count). The summed E-state index contributed by atoms with van der Waals surface area (Å²) in [5, 5.41) is 38.7. The van der Waals surface area contributed by atoms with Gasteiger partial charge in [-0.15, -0.1) is 0 Å². The number of carboxylic acids is 1. The minimum atomic E-state index is -0.998. The highest BCUT2D eigenvalue weighted by atomic mass is 16.5. The van der Waals surface area contributed by atoms with E-state index in [9.17, 15) is 15.0 Å². The molecule has 0 aliphatic rings. The number of carbonyl (C=O) groups is 1. The van der Waals surface area contributed by atoms with Crippen molar-refractivity contribution >= 4 is 5.97 Å². The molecule has 160 valence electrons. The Balaban J connectivity index is 4.98. The highest BCUT2D eigenvalue weighted by Gasteiger charge is 2.34. The van der Waals surface area contributed by atoms with Crippen LogP contribution in [0.2, 0.25) is 0 Å². The van der Waals surface area contributed by atoms with Gasteiger partial charge in [-0.25, -0.2) is 4.79 Å². The zero-order chi connectivity index (χ0) is 21.7. The maximum Gasteiger partial charge on any atom is 0.328 e. The van der Waals surface area contributed by atoms with Crippen LogP contribution in [0.15, 0.2) is 48.1 Å². The van der Waals surface area contributed by atoms with Gasteiger partial charge in [-0.2, -0.15) is 0 Å². The fourth-order valence-corrected chi connectivity index (χ4v) is 3.21. The van der Waals surface area contributed by atoms with Gasteiger partial charge in [0, 0.05) is 37.5 Å². The van der Waals surface area contributed by atoms with Gasteiger partial charge in [0.2, 0.25) is 0 Å². The molecule has 0 aliphatic heterocycles. The van der Waals surface area contributed by atoms with Crippen LogP contribution < -0.4 is 0 Å². The Kier molecular flexibility index (Phi) is 13.4. The van der Waals surface area contributed by atoms with Crippen molar-refractivity contribution in [3.8, 4) is 0 Å². The van der Waals surface area contributed by atoms with Crippen molar-refractivity contribution in [1.29, 1.82) is 0 Å². The molecule has 28 heavy (non-hydrogen) atoms. The van der Waals surface area contributed by atoms with Crippen molar-refractivity contribution < 1.29 is 30.0 Å². The number of ether oxygens (including phenoxy) is 1. The number of hydrogen-bond acceptors (Lipinski definition) is 5. The molecule has 0 saturated carbocycles. The molecule has 6 atom stereocenters. The van der Waals surface area contributed by atoms with E-state index >= 15 is 0 Å². The molecule has 0 unspecified atom stereocenters. The molecule has 0 aromatic heterocycles. The van der Waals surface area contributed by atoms with Crippen LogP contribution in [-0.4, -0.2) is 58.4 Å². The standard InChI is InChI=1S/C22H36O6/c1-15(12-10-14-23)20(26)17(3)21(27)18(4)22(28-5)16(2)11-8-6-7-9-13-19(24)25/h6-9,11-13,16-18,20-23,26-27H,10,14H2,1-5H3,(H,24,25)/b7-6+,11-8+,13-9+,15-12+/t16-,17-,18+,20+,21+,22+/m1/s1. The lowest BCUT2D eigenvalue weighted by atomic mass is 9.80. The van der Waals surface area contributed by atoms with Crippen LogP contribution in [0.5, 0.6) is 0 Å². The molecule has 0 spiro atoms. The normalized spacial score (nSPS) is 19.8. The van der Waals surface area contributed by atoms with E-state index < -0.39 is 18.2 Å². The third-order valence-corrected chi connectivity index (χ3v) is 4.93. The number of hydrogen-bond donors (Lipinski definition) is 4. The van der Waals surface area contributed by atoms with E-state index in [0.29, 0.717) is 6.42 Å². The first kappa shape index (κ1) is 26.3. The summed E-state index contributed by atoms with van der Waals surface area (Å²) in [5.41, 5.74) is 0.731. The zero-order valence-electron chi connectivity index (χ0n) is 17.5. The molecule has 6 heteroatoms. The Morgan fingerprint density at radius 3 is 2.18 bits per heavy atom. The number of aliphatic carboxylic acids is 1. The molecule has 0 aliphatic carbocycles. The first-order valence-electron chi connectivity index (χ1n) is 9.58. The third kappa shape index (κ3) is 9.46. The van der Waals surface area contributed by atoms with Gasteiger partial charge in [-0.05, 0) is 18.9 Å². The smallest absolute Gasteiger partial charge is 0.328 e. The predicted octanol–water partition coefficient (Wildman–Crippen LogP) is 2.71. The summed E-state index contributed by atoms with van der Waals surface area (Å²) < 4.78 is 5.60. The zero-order valence-corrected chi connectivity index (χ0v) is 17.5. The van der Waals surface area contributed by atoms with Crippen molar-refractivity contribution in [1.82, 2.24) is 0 Å². The van der Waals surface area contributed by atoms with Gasteiger partial charge in [0.1, 0.15) is 0 Å². The predicted molar refractivity (Wildman–Crippen MR) is 111 cm³/mol. The van der Waals surface area contributed by atoms with Crippen LogP contribution in [-0.2, 0) is 9.53 Å². The summed E-state index contributed by atoms with van der Waals surface area (Å²) in [6, 6.07) is 0. The van der Waals surface area contributed by atoms with Crippen molar-refractivity contribution in [2.45, 2.75) is 52.4 Å². The number of aliphatic hydroxyl groups excluding tert-OH is 3. The van der Waals surface area contributed by atoms with Crippen LogP contribution in [0.1, 0.15) is 34.1 Å². The Bertz CT molecular complexity index is 563. The van der Waals surface area contributed by atoms with E-state index in [4.69, 9.17) is 14.9 Å². The SMILES string of the molecule is CO[C@H]([C@@H](C)[C@@H](O)[C@H](C)[C@@H](O)/C(C)=C/CCO)[C@H](C)/C=C/C=C/C=C/C(=O)O. The molecule has 0 fully saturated rings. The van der Waals surface area contributed by atoms with Crippen LogP contribution in [0.3, 0.4) is 0 Å². The first-order valence-corrected chi connectivity index (χ1v) is 9.58. The average molecular weight is 397 g/mol. The van der Waals surface area contributed by atoms with E-state index in [-0.39, 0.29) is 30.5 Å². The maximum absolute atomic E-state index is 10.8. The van der Waals surface area contributed by atoms with Gasteiger partial charge in [0.25, 0.3) is 0 Å². The fraction of sp³-hybridized carbons (Fsp3) is 0.591. The van der Waals surface area contributed by atoms with Gasteiger partial charge >= 0.3 is 5.97 Å². The minimum Gasteiger partial charge on any atom is -0.478 e. The molecule has 6 nitrogen and oxygen atoms in total. The van der Waals surface area contributed by atoms with Gasteiger partial charge in [-0.3, -0.25) is 0 Å². The molecule has 0 aromatic carbocycles. The van der Waals surface area contributed by atoms with Gasteiger partial charge in [0.05, 0.1) is 18.3 Å². The molecular formula is C22H36O6. The number of rotatable bonds is 13. The minimum absolute atomic E-state index is 0.00174. The number of aliphatic hydroxyl groups is 3. The van der Waals surface area contributed by atoms with Crippen LogP contribution >= 0.6 is 0 Å². The molecule has 0 bridgehead atoms. The van der Waals surface area contributed by atoms with E-state index in [1.165, 1.54) is 6.08 Å². The fourth-order valence-electron chi connectivity index (χ4n) is 3.21. The summed E-state index contributed by atoms with van der Waals surface area (Å²) in [5.74, 6) is -1.62. The lowest BCUT2D eigenvalue weighted by Gasteiger charge is -2.35. The van der Waals surface area contributed by atoms with Gasteiger partial charge in [0.15, 0.2) is 0 Å². The summed E-state index contributed by atoms with van der Waals surface area (Å²) in [6.45, 7) is 7.48. The molecule has 0 saturated heterocycles. The van der Waals surface area contributed by atoms with Crippen molar-refractivity contribution in [2.75, 3.05) is 13.7 Å². The topological polar surface area (TPSA) is 107 Å². The summed E-state index contributed by atoms with van der Waals surface area (Å²) >= 11 is 0. The quantitative estimate of drug-likeness (QED) is 0.217. The number of allylic oxidation sites excluding steroid dienone is 4. The van der Waals surface area contributed by atoms with Gasteiger partial charge in [-0.1, -0.05) is 57.2 Å². The largest absolute Gasteiger partial charge is 0.478 e. The number of methoxy groups -OCH3 is 1. The Morgan fingerprint density at radius 2 is 1.64 bits per heavy atom. The molecule has 0 radical (unpaired) electrons. The van der Waals surface area contributed by atoms with Crippen molar-refractivity contribution in [2.24, 2.45) is 17.8 Å². The van der Waals surface area contributed by atoms with Crippen LogP contribution in [0.25, 0.3) is 0 Å². The van der Waals surface area contributed by atoms with E-state index in [1.54, 1.807) is 39.2 Å². The highest BCUT2D eigenvalue weighted by molar-refractivity contribution is 5.80. The Morgan fingerprint density at radius 1 is 1.04 bits per heavy atom. The molecule has 0 heterocycles. The summed E-state index contributed by atoms with van der Waals surface area (Å²) in [4.78, 5) is 10.4. The van der Waals surface area contributed by atoms with E-state index in [0.717, 1.165) is 11.6 Å². The second-order valence-corrected chi connectivity index (χ2v) is 7.14. The molecular weight excluding hydrogens is 360 g/mol. The first-order chi connectivity index (χ1) is 13.2. The lowest BCUT2D eigenvalue weighted by Crippen LogP contribution is -2.42. The second kappa shape index (κ2) is 14.3. The Labute approximate surface area is 168 Å².